The Labute approximate surface area is 87.2 Å². The van der Waals surface area contributed by atoms with Crippen molar-refractivity contribution < 1.29 is 4.74 Å². The third kappa shape index (κ3) is 2.23. The van der Waals surface area contributed by atoms with Gasteiger partial charge < -0.3 is 10.5 Å². The van der Waals surface area contributed by atoms with E-state index in [0.717, 1.165) is 21.3 Å². The minimum absolute atomic E-state index is 0.00755. The van der Waals surface area contributed by atoms with Gasteiger partial charge in [-0.05, 0) is 31.5 Å². The van der Waals surface area contributed by atoms with Gasteiger partial charge in [0.2, 0.25) is 0 Å². The molecule has 1 aromatic rings. The number of rotatable bonds is 2. The topological polar surface area (TPSA) is 35.2 Å². The van der Waals surface area contributed by atoms with E-state index in [0.29, 0.717) is 0 Å². The van der Waals surface area contributed by atoms with Crippen LogP contribution in [0.25, 0.3) is 0 Å². The van der Waals surface area contributed by atoms with Gasteiger partial charge in [-0.1, -0.05) is 15.9 Å². The summed E-state index contributed by atoms with van der Waals surface area (Å²) in [5.74, 6) is 0.857. The second-order valence-electron chi connectivity index (χ2n) is 3.13. The van der Waals surface area contributed by atoms with Gasteiger partial charge in [-0.15, -0.1) is 0 Å². The van der Waals surface area contributed by atoms with E-state index < -0.39 is 0 Å². The van der Waals surface area contributed by atoms with Crippen LogP contribution in [0.1, 0.15) is 24.1 Å². The Morgan fingerprint density at radius 2 is 2.08 bits per heavy atom. The van der Waals surface area contributed by atoms with Crippen LogP contribution in [0, 0.1) is 6.92 Å². The van der Waals surface area contributed by atoms with Gasteiger partial charge in [0.25, 0.3) is 0 Å². The molecule has 2 nitrogen and oxygen atoms in total. The van der Waals surface area contributed by atoms with Crippen molar-refractivity contribution >= 4 is 15.9 Å². The number of hydrogen-bond donors (Lipinski definition) is 1. The van der Waals surface area contributed by atoms with Crippen LogP contribution < -0.4 is 10.5 Å². The molecule has 0 bridgehead atoms. The minimum Gasteiger partial charge on any atom is -0.496 e. The highest BCUT2D eigenvalue weighted by molar-refractivity contribution is 9.10. The first-order valence-electron chi connectivity index (χ1n) is 4.16. The van der Waals surface area contributed by atoms with Crippen molar-refractivity contribution in [3.05, 3.63) is 27.7 Å². The fraction of sp³-hybridized carbons (Fsp3) is 0.400. The second-order valence-corrected chi connectivity index (χ2v) is 3.99. The zero-order chi connectivity index (χ0) is 10.0. The van der Waals surface area contributed by atoms with Crippen molar-refractivity contribution in [3.63, 3.8) is 0 Å². The Morgan fingerprint density at radius 1 is 1.46 bits per heavy atom. The molecule has 0 radical (unpaired) electrons. The molecule has 72 valence electrons. The molecule has 0 heterocycles. The maximum absolute atomic E-state index is 5.81. The van der Waals surface area contributed by atoms with E-state index >= 15 is 0 Å². The van der Waals surface area contributed by atoms with Crippen LogP contribution in [0.15, 0.2) is 16.6 Å². The summed E-state index contributed by atoms with van der Waals surface area (Å²) in [7, 11) is 1.66. The number of nitrogens with two attached hydrogens (primary N) is 1. The molecule has 13 heavy (non-hydrogen) atoms. The third-order valence-electron chi connectivity index (χ3n) is 2.00. The molecule has 0 spiro atoms. The van der Waals surface area contributed by atoms with Crippen molar-refractivity contribution in [2.24, 2.45) is 5.73 Å². The van der Waals surface area contributed by atoms with E-state index in [1.807, 2.05) is 26.0 Å². The van der Waals surface area contributed by atoms with Gasteiger partial charge in [-0.2, -0.15) is 0 Å². The molecule has 1 atom stereocenters. The Morgan fingerprint density at radius 3 is 2.54 bits per heavy atom. The van der Waals surface area contributed by atoms with Gasteiger partial charge >= 0.3 is 0 Å². The first kappa shape index (κ1) is 10.5. The standard InChI is InChI=1S/C10H14BrNO/c1-6-4-10(13-3)8(7(2)12)5-9(6)11/h4-5,7H,12H2,1-3H3. The molecule has 0 aliphatic rings. The van der Waals surface area contributed by atoms with Crippen molar-refractivity contribution in [2.45, 2.75) is 19.9 Å². The van der Waals surface area contributed by atoms with Crippen LogP contribution in [0.2, 0.25) is 0 Å². The average Bonchev–Trinajstić information content (AvgIpc) is 2.08. The molecule has 0 saturated heterocycles. The van der Waals surface area contributed by atoms with Crippen LogP contribution in [0.5, 0.6) is 5.75 Å². The molecule has 1 unspecified atom stereocenters. The van der Waals surface area contributed by atoms with E-state index in [9.17, 15) is 0 Å². The molecule has 0 aromatic heterocycles. The van der Waals surface area contributed by atoms with Crippen molar-refractivity contribution in [3.8, 4) is 5.75 Å². The molecule has 3 heteroatoms. The van der Waals surface area contributed by atoms with Gasteiger partial charge in [0.1, 0.15) is 5.75 Å². The summed E-state index contributed by atoms with van der Waals surface area (Å²) in [5.41, 5.74) is 7.99. The van der Waals surface area contributed by atoms with Crippen LogP contribution >= 0.6 is 15.9 Å². The SMILES string of the molecule is COc1cc(C)c(Br)cc1C(C)N. The third-order valence-corrected chi connectivity index (χ3v) is 2.86. The first-order valence-corrected chi connectivity index (χ1v) is 4.95. The highest BCUT2D eigenvalue weighted by atomic mass is 79.9. The average molecular weight is 244 g/mol. The summed E-state index contributed by atoms with van der Waals surface area (Å²) in [6.45, 7) is 3.97. The Kier molecular flexibility index (Phi) is 3.33. The molecule has 1 rings (SSSR count). The number of halogens is 1. The summed E-state index contributed by atoms with van der Waals surface area (Å²) >= 11 is 3.47. The second kappa shape index (κ2) is 4.11. The molecule has 0 aliphatic heterocycles. The van der Waals surface area contributed by atoms with Crippen LogP contribution in [-0.2, 0) is 0 Å². The van der Waals surface area contributed by atoms with E-state index in [1.165, 1.54) is 0 Å². The highest BCUT2D eigenvalue weighted by Gasteiger charge is 2.09. The largest absolute Gasteiger partial charge is 0.496 e. The van der Waals surface area contributed by atoms with Crippen molar-refractivity contribution in [1.29, 1.82) is 0 Å². The smallest absolute Gasteiger partial charge is 0.123 e. The van der Waals surface area contributed by atoms with Gasteiger partial charge in [0.05, 0.1) is 7.11 Å². The van der Waals surface area contributed by atoms with Gasteiger partial charge in [0.15, 0.2) is 0 Å². The highest BCUT2D eigenvalue weighted by Crippen LogP contribution is 2.29. The molecule has 0 saturated carbocycles. The van der Waals surface area contributed by atoms with E-state index in [2.05, 4.69) is 15.9 Å². The zero-order valence-corrected chi connectivity index (χ0v) is 9.68. The van der Waals surface area contributed by atoms with Gasteiger partial charge in [0, 0.05) is 16.1 Å². The number of methoxy groups -OCH3 is 1. The summed E-state index contributed by atoms with van der Waals surface area (Å²) < 4.78 is 6.31. The minimum atomic E-state index is -0.00755. The van der Waals surface area contributed by atoms with Gasteiger partial charge in [-0.25, -0.2) is 0 Å². The van der Waals surface area contributed by atoms with E-state index in [4.69, 9.17) is 10.5 Å². The Balaban J connectivity index is 3.25. The molecule has 0 fully saturated rings. The fourth-order valence-electron chi connectivity index (χ4n) is 1.20. The molecular weight excluding hydrogens is 230 g/mol. The molecular formula is C10H14BrNO. The number of aryl methyl sites for hydroxylation is 1. The predicted octanol–water partition coefficient (Wildman–Crippen LogP) is 2.79. The first-order chi connectivity index (χ1) is 6.06. The molecule has 2 N–H and O–H groups in total. The molecule has 0 aliphatic carbocycles. The monoisotopic (exact) mass is 243 g/mol. The maximum Gasteiger partial charge on any atom is 0.123 e. The Bertz CT molecular complexity index is 310. The normalized spacial score (nSPS) is 12.7. The lowest BCUT2D eigenvalue weighted by atomic mass is 10.1. The van der Waals surface area contributed by atoms with Crippen LogP contribution in [0.3, 0.4) is 0 Å². The summed E-state index contributed by atoms with van der Waals surface area (Å²) in [6.07, 6.45) is 0. The predicted molar refractivity (Wildman–Crippen MR) is 58.0 cm³/mol. The van der Waals surface area contributed by atoms with Crippen LogP contribution in [-0.4, -0.2) is 7.11 Å². The quantitative estimate of drug-likeness (QED) is 0.868. The number of ether oxygens (including phenoxy) is 1. The van der Waals surface area contributed by atoms with Crippen molar-refractivity contribution in [2.75, 3.05) is 7.11 Å². The van der Waals surface area contributed by atoms with Crippen molar-refractivity contribution in [1.82, 2.24) is 0 Å². The van der Waals surface area contributed by atoms with E-state index in [1.54, 1.807) is 7.11 Å². The van der Waals surface area contributed by atoms with Gasteiger partial charge in [-0.3, -0.25) is 0 Å². The zero-order valence-electron chi connectivity index (χ0n) is 8.10. The fourth-order valence-corrected chi connectivity index (χ4v) is 1.56. The maximum atomic E-state index is 5.81. The summed E-state index contributed by atoms with van der Waals surface area (Å²) in [5, 5.41) is 0. The summed E-state index contributed by atoms with van der Waals surface area (Å²) in [6, 6.07) is 3.99. The summed E-state index contributed by atoms with van der Waals surface area (Å²) in [4.78, 5) is 0. The number of benzene rings is 1. The lowest BCUT2D eigenvalue weighted by Crippen LogP contribution is -2.07. The van der Waals surface area contributed by atoms with Crippen LogP contribution in [0.4, 0.5) is 0 Å². The lowest BCUT2D eigenvalue weighted by molar-refractivity contribution is 0.406. The van der Waals surface area contributed by atoms with E-state index in [-0.39, 0.29) is 6.04 Å². The lowest BCUT2D eigenvalue weighted by Gasteiger charge is -2.13. The molecule has 0 amide bonds. The Hall–Kier alpha value is -0.540. The number of hydrogen-bond acceptors (Lipinski definition) is 2. The molecule has 1 aromatic carbocycles.